The van der Waals surface area contributed by atoms with Gasteiger partial charge >= 0.3 is 0 Å². The topological polar surface area (TPSA) is 3.24 Å². The van der Waals surface area contributed by atoms with Crippen LogP contribution in [0.2, 0.25) is 0 Å². The molecule has 2 aromatic rings. The molecule has 0 saturated heterocycles. The highest BCUT2D eigenvalue weighted by Crippen LogP contribution is 2.30. The molecule has 1 aliphatic heterocycles. The van der Waals surface area contributed by atoms with Crippen molar-refractivity contribution in [3.05, 3.63) is 65.2 Å². The molecule has 17 heavy (non-hydrogen) atoms. The Morgan fingerprint density at radius 2 is 1.47 bits per heavy atom. The second-order valence-electron chi connectivity index (χ2n) is 4.20. The number of hydrogen-bond donors (Lipinski definition) is 0. The minimum absolute atomic E-state index is 0.334. The fourth-order valence-electron chi connectivity index (χ4n) is 2.24. The van der Waals surface area contributed by atoms with Crippen molar-refractivity contribution in [3.63, 3.8) is 0 Å². The smallest absolute Gasteiger partial charge is 0.182 e. The van der Waals surface area contributed by atoms with Crippen LogP contribution in [0.3, 0.4) is 0 Å². The van der Waals surface area contributed by atoms with Gasteiger partial charge in [0.05, 0.1) is 5.69 Å². The Bertz CT molecular complexity index is 541. The summed E-state index contributed by atoms with van der Waals surface area (Å²) in [6, 6.07) is 12.3. The Hall–Kier alpha value is -1.90. The Labute approximate surface area is 98.3 Å². The van der Waals surface area contributed by atoms with Gasteiger partial charge in [-0.2, -0.15) is 0 Å². The first kappa shape index (κ1) is 10.3. The van der Waals surface area contributed by atoms with Crippen LogP contribution in [0.25, 0.3) is 0 Å². The van der Waals surface area contributed by atoms with Crippen molar-refractivity contribution in [2.75, 3.05) is 4.90 Å². The van der Waals surface area contributed by atoms with E-state index in [1.165, 1.54) is 17.2 Å². The number of halogens is 2. The number of rotatable bonds is 1. The van der Waals surface area contributed by atoms with Crippen LogP contribution in [0, 0.1) is 11.6 Å². The fourth-order valence-corrected chi connectivity index (χ4v) is 2.24. The first-order valence-electron chi connectivity index (χ1n) is 5.51. The van der Waals surface area contributed by atoms with E-state index >= 15 is 0 Å². The average Bonchev–Trinajstić information content (AvgIpc) is 2.76. The van der Waals surface area contributed by atoms with E-state index in [0.29, 0.717) is 18.8 Å². The van der Waals surface area contributed by atoms with E-state index < -0.39 is 11.6 Å². The summed E-state index contributed by atoms with van der Waals surface area (Å²) in [6.45, 7) is 1.27. The lowest BCUT2D eigenvalue weighted by molar-refractivity contribution is 0.506. The molecule has 0 bridgehead atoms. The highest BCUT2D eigenvalue weighted by molar-refractivity contribution is 5.53. The maximum Gasteiger partial charge on any atom is 0.182 e. The van der Waals surface area contributed by atoms with E-state index in [9.17, 15) is 8.78 Å². The van der Waals surface area contributed by atoms with Gasteiger partial charge in [-0.05, 0) is 23.3 Å². The molecule has 0 fully saturated rings. The third-order valence-electron chi connectivity index (χ3n) is 3.11. The van der Waals surface area contributed by atoms with Crippen molar-refractivity contribution >= 4 is 5.69 Å². The third kappa shape index (κ3) is 1.68. The summed E-state index contributed by atoms with van der Waals surface area (Å²) in [5, 5.41) is 0. The quantitative estimate of drug-likeness (QED) is 0.726. The highest BCUT2D eigenvalue weighted by Gasteiger charge is 2.22. The Morgan fingerprint density at radius 3 is 2.12 bits per heavy atom. The minimum Gasteiger partial charge on any atom is -0.360 e. The standard InChI is InChI=1S/C14H11F2N/c15-12-6-3-7-13(14(12)16)17-8-10-4-1-2-5-11(10)9-17/h1-7H,8-9H2. The molecule has 0 amide bonds. The zero-order chi connectivity index (χ0) is 11.8. The van der Waals surface area contributed by atoms with Gasteiger partial charge in [0.25, 0.3) is 0 Å². The summed E-state index contributed by atoms with van der Waals surface area (Å²) < 4.78 is 26.8. The predicted molar refractivity (Wildman–Crippen MR) is 62.7 cm³/mol. The summed E-state index contributed by atoms with van der Waals surface area (Å²) in [4.78, 5) is 1.85. The summed E-state index contributed by atoms with van der Waals surface area (Å²) >= 11 is 0. The second kappa shape index (κ2) is 3.84. The van der Waals surface area contributed by atoms with E-state index in [1.807, 2.05) is 29.2 Å². The van der Waals surface area contributed by atoms with Gasteiger partial charge in [-0.25, -0.2) is 8.78 Å². The molecule has 0 spiro atoms. The van der Waals surface area contributed by atoms with E-state index in [2.05, 4.69) is 0 Å². The number of benzene rings is 2. The van der Waals surface area contributed by atoms with E-state index in [4.69, 9.17) is 0 Å². The van der Waals surface area contributed by atoms with Gasteiger partial charge in [0, 0.05) is 13.1 Å². The number of anilines is 1. The van der Waals surface area contributed by atoms with Gasteiger partial charge in [0.15, 0.2) is 11.6 Å². The maximum atomic E-state index is 13.7. The van der Waals surface area contributed by atoms with E-state index in [1.54, 1.807) is 6.07 Å². The first-order valence-corrected chi connectivity index (χ1v) is 5.51. The van der Waals surface area contributed by atoms with Crippen LogP contribution in [0.1, 0.15) is 11.1 Å². The molecule has 1 nitrogen and oxygen atoms in total. The van der Waals surface area contributed by atoms with Crippen LogP contribution in [0.15, 0.2) is 42.5 Å². The van der Waals surface area contributed by atoms with Crippen LogP contribution in [0.5, 0.6) is 0 Å². The normalized spacial score (nSPS) is 13.9. The van der Waals surface area contributed by atoms with Gasteiger partial charge in [0.2, 0.25) is 0 Å². The molecule has 0 atom stereocenters. The first-order chi connectivity index (χ1) is 8.25. The Morgan fingerprint density at radius 1 is 0.824 bits per heavy atom. The summed E-state index contributed by atoms with van der Waals surface area (Å²) in [5.74, 6) is -1.56. The minimum atomic E-state index is -0.793. The van der Waals surface area contributed by atoms with Crippen molar-refractivity contribution in [1.82, 2.24) is 0 Å². The third-order valence-corrected chi connectivity index (χ3v) is 3.11. The fraction of sp³-hybridized carbons (Fsp3) is 0.143. The van der Waals surface area contributed by atoms with Crippen molar-refractivity contribution in [2.24, 2.45) is 0 Å². The summed E-state index contributed by atoms with van der Waals surface area (Å²) in [5.41, 5.74) is 2.69. The summed E-state index contributed by atoms with van der Waals surface area (Å²) in [7, 11) is 0. The summed E-state index contributed by atoms with van der Waals surface area (Å²) in [6.07, 6.45) is 0. The molecule has 0 aliphatic carbocycles. The Kier molecular flexibility index (Phi) is 2.32. The van der Waals surface area contributed by atoms with Crippen molar-refractivity contribution < 1.29 is 8.78 Å². The molecule has 3 rings (SSSR count). The zero-order valence-electron chi connectivity index (χ0n) is 9.16. The molecule has 0 N–H and O–H groups in total. The number of hydrogen-bond acceptors (Lipinski definition) is 1. The van der Waals surface area contributed by atoms with Crippen LogP contribution < -0.4 is 4.90 Å². The predicted octanol–water partition coefficient (Wildman–Crippen LogP) is 3.49. The van der Waals surface area contributed by atoms with Crippen LogP contribution in [0.4, 0.5) is 14.5 Å². The molecule has 1 heterocycles. The Balaban J connectivity index is 1.97. The lowest BCUT2D eigenvalue weighted by atomic mass is 10.1. The molecular weight excluding hydrogens is 220 g/mol. The van der Waals surface area contributed by atoms with Gasteiger partial charge in [-0.1, -0.05) is 30.3 Å². The van der Waals surface area contributed by atoms with Gasteiger partial charge < -0.3 is 4.90 Å². The van der Waals surface area contributed by atoms with Crippen LogP contribution in [-0.2, 0) is 13.1 Å². The SMILES string of the molecule is Fc1cccc(N2Cc3ccccc3C2)c1F. The second-order valence-corrected chi connectivity index (χ2v) is 4.20. The van der Waals surface area contributed by atoms with Gasteiger partial charge in [0.1, 0.15) is 0 Å². The lowest BCUT2D eigenvalue weighted by Crippen LogP contribution is -2.16. The molecule has 2 aromatic carbocycles. The average molecular weight is 231 g/mol. The molecule has 3 heteroatoms. The molecule has 0 radical (unpaired) electrons. The molecule has 0 aromatic heterocycles. The molecule has 86 valence electrons. The maximum absolute atomic E-state index is 13.7. The van der Waals surface area contributed by atoms with E-state index in [0.717, 1.165) is 6.07 Å². The van der Waals surface area contributed by atoms with E-state index in [-0.39, 0.29) is 0 Å². The molecule has 0 saturated carbocycles. The monoisotopic (exact) mass is 231 g/mol. The molecular formula is C14H11F2N. The number of fused-ring (bicyclic) bond motifs is 1. The van der Waals surface area contributed by atoms with Gasteiger partial charge in [-0.15, -0.1) is 0 Å². The highest BCUT2D eigenvalue weighted by atomic mass is 19.2. The van der Waals surface area contributed by atoms with Crippen molar-refractivity contribution in [1.29, 1.82) is 0 Å². The lowest BCUT2D eigenvalue weighted by Gasteiger charge is -2.18. The molecule has 0 unspecified atom stereocenters. The van der Waals surface area contributed by atoms with Crippen molar-refractivity contribution in [2.45, 2.75) is 13.1 Å². The van der Waals surface area contributed by atoms with Crippen molar-refractivity contribution in [3.8, 4) is 0 Å². The van der Waals surface area contributed by atoms with Gasteiger partial charge in [-0.3, -0.25) is 0 Å². The zero-order valence-corrected chi connectivity index (χ0v) is 9.16. The van der Waals surface area contributed by atoms with Crippen LogP contribution >= 0.6 is 0 Å². The number of nitrogens with zero attached hydrogens (tertiary/aromatic N) is 1. The largest absolute Gasteiger partial charge is 0.360 e. The van der Waals surface area contributed by atoms with Crippen LogP contribution in [-0.4, -0.2) is 0 Å². The molecule has 1 aliphatic rings.